The molecule has 1 rings (SSSR count). The number of hydrogen-bond acceptors (Lipinski definition) is 8. The van der Waals surface area contributed by atoms with Crippen LogP contribution in [0.15, 0.2) is 24.3 Å². The number of benzene rings is 1. The van der Waals surface area contributed by atoms with Crippen molar-refractivity contribution in [2.45, 2.75) is 63.7 Å². The smallest absolute Gasteiger partial charge is 0.326 e. The van der Waals surface area contributed by atoms with Gasteiger partial charge < -0.3 is 42.7 Å². The van der Waals surface area contributed by atoms with E-state index < -0.39 is 66.3 Å². The van der Waals surface area contributed by atoms with Gasteiger partial charge in [-0.3, -0.25) is 19.2 Å². The van der Waals surface area contributed by atoms with Crippen molar-refractivity contribution in [1.82, 2.24) is 16.0 Å². The Hall–Kier alpha value is -3.71. The summed E-state index contributed by atoms with van der Waals surface area (Å²) in [6, 6.07) is 0.970. The van der Waals surface area contributed by atoms with Crippen molar-refractivity contribution in [2.24, 2.45) is 17.4 Å². The number of carboxylic acids is 1. The van der Waals surface area contributed by atoms with Gasteiger partial charge in [0, 0.05) is 6.42 Å². The van der Waals surface area contributed by atoms with Gasteiger partial charge in [-0.15, -0.1) is 0 Å². The summed E-state index contributed by atoms with van der Waals surface area (Å²) in [5, 5.41) is 35.4. The molecule has 36 heavy (non-hydrogen) atoms. The van der Waals surface area contributed by atoms with Gasteiger partial charge in [0.25, 0.3) is 0 Å². The second-order valence-corrected chi connectivity index (χ2v) is 8.50. The number of carbonyl (C=O) groups is 5. The van der Waals surface area contributed by atoms with Crippen LogP contribution < -0.4 is 27.4 Å². The minimum Gasteiger partial charge on any atom is -0.508 e. The van der Waals surface area contributed by atoms with Gasteiger partial charge in [0.15, 0.2) is 0 Å². The molecule has 0 aromatic heterocycles. The number of primary amides is 1. The predicted molar refractivity (Wildman–Crippen MR) is 128 cm³/mol. The van der Waals surface area contributed by atoms with Crippen molar-refractivity contribution in [3.63, 3.8) is 0 Å². The average Bonchev–Trinajstić information content (AvgIpc) is 2.83. The van der Waals surface area contributed by atoms with Crippen LogP contribution in [0.2, 0.25) is 0 Å². The molecular formula is C23H35N5O8. The van der Waals surface area contributed by atoms with Crippen LogP contribution in [-0.2, 0) is 30.4 Å². The number of nitrogens with two attached hydrogens (primary N) is 2. The minimum atomic E-state index is -1.42. The van der Waals surface area contributed by atoms with E-state index in [1.807, 2.05) is 0 Å². The third-order valence-electron chi connectivity index (χ3n) is 5.63. The monoisotopic (exact) mass is 509 g/mol. The number of nitrogens with one attached hydrogen (secondary N) is 3. The zero-order chi connectivity index (χ0) is 27.4. The first kappa shape index (κ1) is 30.3. The molecule has 0 bridgehead atoms. The van der Waals surface area contributed by atoms with Gasteiger partial charge in [0.2, 0.25) is 23.6 Å². The Morgan fingerprint density at radius 2 is 1.53 bits per heavy atom. The van der Waals surface area contributed by atoms with Gasteiger partial charge in [-0.05, 0) is 36.5 Å². The lowest BCUT2D eigenvalue weighted by molar-refractivity contribution is -0.143. The Balaban J connectivity index is 2.86. The number of aliphatic carboxylic acids is 1. The lowest BCUT2D eigenvalue weighted by atomic mass is 9.97. The summed E-state index contributed by atoms with van der Waals surface area (Å²) >= 11 is 0. The number of aromatic hydroxyl groups is 1. The normalized spacial score (nSPS) is 15.0. The van der Waals surface area contributed by atoms with E-state index in [-0.39, 0.29) is 25.0 Å². The maximum Gasteiger partial charge on any atom is 0.326 e. The first-order chi connectivity index (χ1) is 16.9. The number of phenols is 1. The van der Waals surface area contributed by atoms with Gasteiger partial charge in [0.05, 0.1) is 12.6 Å². The molecule has 0 saturated heterocycles. The molecule has 0 saturated carbocycles. The molecule has 5 atom stereocenters. The van der Waals surface area contributed by atoms with Crippen molar-refractivity contribution in [2.75, 3.05) is 6.61 Å². The van der Waals surface area contributed by atoms with E-state index in [1.165, 1.54) is 12.1 Å². The van der Waals surface area contributed by atoms with Crippen LogP contribution in [-0.4, -0.2) is 75.7 Å². The predicted octanol–water partition coefficient (Wildman–Crippen LogP) is -1.90. The topological polar surface area (TPSA) is 234 Å². The maximum atomic E-state index is 12.8. The van der Waals surface area contributed by atoms with E-state index in [2.05, 4.69) is 16.0 Å². The molecule has 5 unspecified atom stereocenters. The van der Waals surface area contributed by atoms with E-state index in [0.29, 0.717) is 12.0 Å². The quantitative estimate of drug-likeness (QED) is 0.132. The third kappa shape index (κ3) is 9.88. The number of rotatable bonds is 15. The summed E-state index contributed by atoms with van der Waals surface area (Å²) in [4.78, 5) is 60.5. The second kappa shape index (κ2) is 14.6. The molecule has 13 nitrogen and oxygen atoms in total. The van der Waals surface area contributed by atoms with E-state index in [4.69, 9.17) is 11.5 Å². The van der Waals surface area contributed by atoms with Gasteiger partial charge in [-0.1, -0.05) is 32.4 Å². The maximum absolute atomic E-state index is 12.8. The molecule has 0 aliphatic rings. The van der Waals surface area contributed by atoms with Crippen LogP contribution in [0.3, 0.4) is 0 Å². The summed E-state index contributed by atoms with van der Waals surface area (Å²) < 4.78 is 0. The number of aliphatic hydroxyl groups excluding tert-OH is 1. The lowest BCUT2D eigenvalue weighted by Gasteiger charge is -2.27. The van der Waals surface area contributed by atoms with Gasteiger partial charge >= 0.3 is 5.97 Å². The Morgan fingerprint density at radius 3 is 2.03 bits per heavy atom. The number of aliphatic hydroxyl groups is 1. The van der Waals surface area contributed by atoms with Crippen molar-refractivity contribution >= 4 is 29.6 Å². The van der Waals surface area contributed by atoms with E-state index >= 15 is 0 Å². The van der Waals surface area contributed by atoms with Gasteiger partial charge in [-0.2, -0.15) is 0 Å². The molecule has 4 amide bonds. The third-order valence-corrected chi connectivity index (χ3v) is 5.63. The van der Waals surface area contributed by atoms with Gasteiger partial charge in [-0.25, -0.2) is 4.79 Å². The van der Waals surface area contributed by atoms with Crippen molar-refractivity contribution in [3.05, 3.63) is 29.8 Å². The summed E-state index contributed by atoms with van der Waals surface area (Å²) in [5.41, 5.74) is 11.6. The summed E-state index contributed by atoms with van der Waals surface area (Å²) in [7, 11) is 0. The van der Waals surface area contributed by atoms with Crippen LogP contribution in [0.4, 0.5) is 0 Å². The SMILES string of the molecule is CCC(C)C(NC(=O)C(CO)NC(=O)C(N)Cc1ccc(O)cc1)C(=O)NC(CCC(N)=O)C(=O)O. The molecule has 0 heterocycles. The molecule has 0 aliphatic heterocycles. The van der Waals surface area contributed by atoms with E-state index in [1.54, 1.807) is 26.0 Å². The molecule has 10 N–H and O–H groups in total. The molecule has 13 heteroatoms. The summed E-state index contributed by atoms with van der Waals surface area (Å²) in [5.74, 6) is -4.88. The molecule has 200 valence electrons. The number of phenolic OH excluding ortho intramolecular Hbond substituents is 1. The number of carbonyl (C=O) groups excluding carboxylic acids is 4. The molecule has 1 aromatic carbocycles. The molecule has 0 spiro atoms. The fourth-order valence-electron chi connectivity index (χ4n) is 3.21. The zero-order valence-electron chi connectivity index (χ0n) is 20.3. The van der Waals surface area contributed by atoms with Crippen LogP contribution in [0, 0.1) is 5.92 Å². The van der Waals surface area contributed by atoms with Crippen LogP contribution in [0.1, 0.15) is 38.7 Å². The Morgan fingerprint density at radius 1 is 0.944 bits per heavy atom. The molecular weight excluding hydrogens is 474 g/mol. The lowest BCUT2D eigenvalue weighted by Crippen LogP contribution is -2.59. The van der Waals surface area contributed by atoms with Crippen molar-refractivity contribution in [1.29, 1.82) is 0 Å². The van der Waals surface area contributed by atoms with Gasteiger partial charge in [0.1, 0.15) is 23.9 Å². The molecule has 0 fully saturated rings. The highest BCUT2D eigenvalue weighted by molar-refractivity contribution is 5.94. The number of carboxylic acid groups (broad SMARTS) is 1. The van der Waals surface area contributed by atoms with Crippen LogP contribution in [0.5, 0.6) is 5.75 Å². The minimum absolute atomic E-state index is 0.0521. The molecule has 0 radical (unpaired) electrons. The summed E-state index contributed by atoms with van der Waals surface area (Å²) in [6.45, 7) is 2.63. The van der Waals surface area contributed by atoms with Crippen molar-refractivity contribution in [3.8, 4) is 5.75 Å². The standard InChI is InChI=1S/C23H35N5O8/c1-3-12(2)19(22(34)26-16(23(35)36)8-9-18(25)31)28-21(33)17(11-29)27-20(32)15(24)10-13-4-6-14(30)7-5-13/h4-7,12,15-17,19,29-30H,3,8-11,24H2,1-2H3,(H2,25,31)(H,26,34)(H,27,32)(H,28,33)(H,35,36). The molecule has 0 aliphatic carbocycles. The van der Waals surface area contributed by atoms with Crippen molar-refractivity contribution < 1.29 is 39.3 Å². The fraction of sp³-hybridized carbons (Fsp3) is 0.522. The largest absolute Gasteiger partial charge is 0.508 e. The highest BCUT2D eigenvalue weighted by Gasteiger charge is 2.32. The first-order valence-corrected chi connectivity index (χ1v) is 11.5. The highest BCUT2D eigenvalue weighted by Crippen LogP contribution is 2.12. The first-order valence-electron chi connectivity index (χ1n) is 11.5. The Labute approximate surface area is 208 Å². The molecule has 1 aromatic rings. The Bertz CT molecular complexity index is 924. The Kier molecular flexibility index (Phi) is 12.3. The fourth-order valence-corrected chi connectivity index (χ4v) is 3.21. The highest BCUT2D eigenvalue weighted by atomic mass is 16.4. The van der Waals surface area contributed by atoms with E-state index in [9.17, 15) is 39.3 Å². The van der Waals surface area contributed by atoms with Crippen LogP contribution >= 0.6 is 0 Å². The second-order valence-electron chi connectivity index (χ2n) is 8.50. The van der Waals surface area contributed by atoms with E-state index in [0.717, 1.165) is 0 Å². The average molecular weight is 510 g/mol. The number of hydrogen-bond donors (Lipinski definition) is 8. The number of amides is 4. The van der Waals surface area contributed by atoms with Crippen LogP contribution in [0.25, 0.3) is 0 Å². The zero-order valence-corrected chi connectivity index (χ0v) is 20.3. The summed E-state index contributed by atoms with van der Waals surface area (Å²) in [6.07, 6.45) is 0.0448.